The molecular formula is C15H10O6. The zero-order chi connectivity index (χ0) is 15.6. The minimum Gasteiger partial charge on any atom is -0.478 e. The summed E-state index contributed by atoms with van der Waals surface area (Å²) in [4.78, 5) is 33.0. The van der Waals surface area contributed by atoms with Crippen LogP contribution in [0.3, 0.4) is 0 Å². The normalized spacial score (nSPS) is 10.1. The minimum absolute atomic E-state index is 0.0617. The van der Waals surface area contributed by atoms with Gasteiger partial charge in [-0.05, 0) is 35.4 Å². The van der Waals surface area contributed by atoms with Crippen LogP contribution in [0, 0.1) is 0 Å². The van der Waals surface area contributed by atoms with E-state index in [2.05, 4.69) is 0 Å². The summed E-state index contributed by atoms with van der Waals surface area (Å²) < 4.78 is 0. The van der Waals surface area contributed by atoms with Crippen LogP contribution in [-0.4, -0.2) is 33.2 Å². The summed E-state index contributed by atoms with van der Waals surface area (Å²) in [6.45, 7) is 0. The molecule has 2 aromatic carbocycles. The first-order chi connectivity index (χ1) is 9.90. The Morgan fingerprint density at radius 1 is 0.667 bits per heavy atom. The molecule has 0 aliphatic carbocycles. The summed E-state index contributed by atoms with van der Waals surface area (Å²) in [5.41, 5.74) is 0.322. The highest BCUT2D eigenvalue weighted by Crippen LogP contribution is 2.24. The smallest absolute Gasteiger partial charge is 0.336 e. The quantitative estimate of drug-likeness (QED) is 0.795. The summed E-state index contributed by atoms with van der Waals surface area (Å²) >= 11 is 0. The fourth-order valence-electron chi connectivity index (χ4n) is 1.92. The van der Waals surface area contributed by atoms with Gasteiger partial charge in [0.15, 0.2) is 0 Å². The molecule has 0 spiro atoms. The van der Waals surface area contributed by atoms with Gasteiger partial charge in [-0.3, -0.25) is 0 Å². The van der Waals surface area contributed by atoms with Crippen molar-refractivity contribution in [1.29, 1.82) is 0 Å². The van der Waals surface area contributed by atoms with E-state index < -0.39 is 17.9 Å². The van der Waals surface area contributed by atoms with Gasteiger partial charge in [-0.1, -0.05) is 18.2 Å². The fourth-order valence-corrected chi connectivity index (χ4v) is 1.92. The molecule has 21 heavy (non-hydrogen) atoms. The van der Waals surface area contributed by atoms with Gasteiger partial charge in [0.1, 0.15) is 0 Å². The van der Waals surface area contributed by atoms with Crippen molar-refractivity contribution in [3.05, 3.63) is 59.2 Å². The standard InChI is InChI=1S/C15H10O6/c16-13(17)10-3-1-2-8(6-10)9-4-5-11(14(18)19)12(7-9)15(20)21/h1-7H,(H,16,17)(H,18,19)(H,20,21). The molecule has 3 N–H and O–H groups in total. The van der Waals surface area contributed by atoms with Crippen molar-refractivity contribution in [2.24, 2.45) is 0 Å². The van der Waals surface area contributed by atoms with Crippen molar-refractivity contribution < 1.29 is 29.7 Å². The maximum absolute atomic E-state index is 11.1. The third-order valence-electron chi connectivity index (χ3n) is 2.92. The highest BCUT2D eigenvalue weighted by molar-refractivity contribution is 6.02. The van der Waals surface area contributed by atoms with Gasteiger partial charge >= 0.3 is 17.9 Å². The monoisotopic (exact) mass is 286 g/mol. The van der Waals surface area contributed by atoms with Crippen LogP contribution >= 0.6 is 0 Å². The van der Waals surface area contributed by atoms with Gasteiger partial charge in [0.05, 0.1) is 16.7 Å². The average Bonchev–Trinajstić information content (AvgIpc) is 2.46. The Hall–Kier alpha value is -3.15. The maximum atomic E-state index is 11.1. The molecular weight excluding hydrogens is 276 g/mol. The molecule has 6 nitrogen and oxygen atoms in total. The van der Waals surface area contributed by atoms with Crippen LogP contribution in [0.15, 0.2) is 42.5 Å². The molecule has 0 aliphatic rings. The summed E-state index contributed by atoms with van der Waals surface area (Å²) in [6.07, 6.45) is 0. The Labute approximate surface area is 118 Å². The predicted octanol–water partition coefficient (Wildman–Crippen LogP) is 2.45. The SMILES string of the molecule is O=C(O)c1cccc(-c2ccc(C(=O)O)c(C(=O)O)c2)c1. The van der Waals surface area contributed by atoms with Crippen LogP contribution in [0.5, 0.6) is 0 Å². The molecule has 6 heteroatoms. The molecule has 0 heterocycles. The molecule has 106 valence electrons. The van der Waals surface area contributed by atoms with E-state index in [1.165, 1.54) is 36.4 Å². The van der Waals surface area contributed by atoms with E-state index in [4.69, 9.17) is 15.3 Å². The van der Waals surface area contributed by atoms with E-state index in [0.717, 1.165) is 0 Å². The second kappa shape index (κ2) is 5.46. The third-order valence-corrected chi connectivity index (χ3v) is 2.92. The Morgan fingerprint density at radius 2 is 1.29 bits per heavy atom. The van der Waals surface area contributed by atoms with E-state index in [0.29, 0.717) is 11.1 Å². The van der Waals surface area contributed by atoms with Gasteiger partial charge < -0.3 is 15.3 Å². The van der Waals surface area contributed by atoms with Gasteiger partial charge in [-0.25, -0.2) is 14.4 Å². The van der Waals surface area contributed by atoms with E-state index in [1.807, 2.05) is 0 Å². The van der Waals surface area contributed by atoms with E-state index in [1.54, 1.807) is 6.07 Å². The highest BCUT2D eigenvalue weighted by Gasteiger charge is 2.17. The molecule has 0 amide bonds. The molecule has 0 saturated carbocycles. The van der Waals surface area contributed by atoms with E-state index >= 15 is 0 Å². The lowest BCUT2D eigenvalue weighted by Gasteiger charge is -2.07. The van der Waals surface area contributed by atoms with Gasteiger partial charge in [-0.2, -0.15) is 0 Å². The molecule has 0 unspecified atom stereocenters. The lowest BCUT2D eigenvalue weighted by molar-refractivity contribution is 0.0651. The lowest BCUT2D eigenvalue weighted by Crippen LogP contribution is -2.08. The number of hydrogen-bond donors (Lipinski definition) is 3. The van der Waals surface area contributed by atoms with Crippen LogP contribution < -0.4 is 0 Å². The van der Waals surface area contributed by atoms with Crippen LogP contribution in [-0.2, 0) is 0 Å². The number of carboxylic acid groups (broad SMARTS) is 3. The zero-order valence-electron chi connectivity index (χ0n) is 10.6. The summed E-state index contributed by atoms with van der Waals surface area (Å²) in [7, 11) is 0. The van der Waals surface area contributed by atoms with E-state index in [9.17, 15) is 14.4 Å². The van der Waals surface area contributed by atoms with Crippen LogP contribution in [0.25, 0.3) is 11.1 Å². The molecule has 0 radical (unpaired) electrons. The van der Waals surface area contributed by atoms with Crippen molar-refractivity contribution in [3.63, 3.8) is 0 Å². The van der Waals surface area contributed by atoms with Crippen LogP contribution in [0.1, 0.15) is 31.1 Å². The Bertz CT molecular complexity index is 748. The maximum Gasteiger partial charge on any atom is 0.336 e. The molecule has 0 bridgehead atoms. The van der Waals surface area contributed by atoms with Crippen molar-refractivity contribution >= 4 is 17.9 Å². The first kappa shape index (κ1) is 14.3. The number of benzene rings is 2. The van der Waals surface area contributed by atoms with Gasteiger partial charge in [0, 0.05) is 0 Å². The topological polar surface area (TPSA) is 112 Å². The molecule has 0 saturated heterocycles. The number of carboxylic acids is 3. The Morgan fingerprint density at radius 3 is 1.86 bits per heavy atom. The predicted molar refractivity (Wildman–Crippen MR) is 72.8 cm³/mol. The molecule has 0 aromatic heterocycles. The molecule has 0 aliphatic heterocycles. The highest BCUT2D eigenvalue weighted by atomic mass is 16.4. The number of carbonyl (C=O) groups is 3. The second-order valence-electron chi connectivity index (χ2n) is 4.26. The van der Waals surface area contributed by atoms with Gasteiger partial charge in [-0.15, -0.1) is 0 Å². The Kier molecular flexibility index (Phi) is 3.71. The van der Waals surface area contributed by atoms with Crippen LogP contribution in [0.4, 0.5) is 0 Å². The average molecular weight is 286 g/mol. The second-order valence-corrected chi connectivity index (χ2v) is 4.26. The summed E-state index contributed by atoms with van der Waals surface area (Å²) in [6, 6.07) is 9.80. The first-order valence-corrected chi connectivity index (χ1v) is 5.84. The van der Waals surface area contributed by atoms with E-state index in [-0.39, 0.29) is 16.7 Å². The summed E-state index contributed by atoms with van der Waals surface area (Å²) in [5, 5.41) is 27.0. The van der Waals surface area contributed by atoms with Crippen molar-refractivity contribution in [1.82, 2.24) is 0 Å². The molecule has 0 fully saturated rings. The fraction of sp³-hybridized carbons (Fsp3) is 0. The lowest BCUT2D eigenvalue weighted by atomic mass is 9.98. The number of rotatable bonds is 4. The van der Waals surface area contributed by atoms with Crippen LogP contribution in [0.2, 0.25) is 0 Å². The van der Waals surface area contributed by atoms with Crippen molar-refractivity contribution in [3.8, 4) is 11.1 Å². The first-order valence-electron chi connectivity index (χ1n) is 5.84. The molecule has 2 rings (SSSR count). The van der Waals surface area contributed by atoms with Crippen molar-refractivity contribution in [2.45, 2.75) is 0 Å². The Balaban J connectivity index is 2.58. The zero-order valence-corrected chi connectivity index (χ0v) is 10.6. The minimum atomic E-state index is -1.36. The number of hydrogen-bond acceptors (Lipinski definition) is 3. The molecule has 0 atom stereocenters. The largest absolute Gasteiger partial charge is 0.478 e. The molecule has 2 aromatic rings. The summed E-state index contributed by atoms with van der Waals surface area (Å²) in [5.74, 6) is -3.79. The number of aromatic carboxylic acids is 3. The van der Waals surface area contributed by atoms with Crippen molar-refractivity contribution in [2.75, 3.05) is 0 Å². The van der Waals surface area contributed by atoms with Gasteiger partial charge in [0.2, 0.25) is 0 Å². The third kappa shape index (κ3) is 2.89. The van der Waals surface area contributed by atoms with Gasteiger partial charge in [0.25, 0.3) is 0 Å².